The molecule has 0 saturated carbocycles. The molecular weight excluding hydrogens is 262 g/mol. The van der Waals surface area contributed by atoms with E-state index in [2.05, 4.69) is 10.5 Å². The Hall–Kier alpha value is -2.96. The van der Waals surface area contributed by atoms with Crippen molar-refractivity contribution >= 4 is 17.3 Å². The summed E-state index contributed by atoms with van der Waals surface area (Å²) in [5.41, 5.74) is 3.09. The van der Waals surface area contributed by atoms with Gasteiger partial charge in [-0.15, -0.1) is 0 Å². The van der Waals surface area contributed by atoms with E-state index < -0.39 is 10.8 Å². The third kappa shape index (κ3) is 3.08. The van der Waals surface area contributed by atoms with Crippen molar-refractivity contribution in [3.8, 4) is 0 Å². The van der Waals surface area contributed by atoms with Crippen LogP contribution < -0.4 is 5.43 Å². The Bertz CT molecular complexity index is 645. The van der Waals surface area contributed by atoms with Crippen molar-refractivity contribution in [2.45, 2.75) is 6.92 Å². The van der Waals surface area contributed by atoms with Gasteiger partial charge in [0.2, 0.25) is 0 Å². The molecule has 0 saturated heterocycles. The van der Waals surface area contributed by atoms with Gasteiger partial charge >= 0.3 is 0 Å². The van der Waals surface area contributed by atoms with Crippen LogP contribution in [-0.4, -0.2) is 16.5 Å². The fraction of sp³-hybridized carbons (Fsp3) is 0.0769. The predicted molar refractivity (Wildman–Crippen MR) is 71.5 cm³/mol. The highest BCUT2D eigenvalue weighted by Gasteiger charge is 2.09. The summed E-state index contributed by atoms with van der Waals surface area (Å²) in [6, 6.07) is 8.69. The van der Waals surface area contributed by atoms with Crippen molar-refractivity contribution in [2.24, 2.45) is 5.10 Å². The number of carbonyl (C=O) groups is 1. The van der Waals surface area contributed by atoms with E-state index in [1.54, 1.807) is 19.1 Å². The zero-order valence-corrected chi connectivity index (χ0v) is 10.6. The van der Waals surface area contributed by atoms with Crippen molar-refractivity contribution < 1.29 is 14.1 Å². The van der Waals surface area contributed by atoms with Gasteiger partial charge in [0, 0.05) is 17.7 Å². The summed E-state index contributed by atoms with van der Waals surface area (Å²) >= 11 is 0. The third-order valence-corrected chi connectivity index (χ3v) is 2.54. The van der Waals surface area contributed by atoms with Crippen LogP contribution in [0.2, 0.25) is 0 Å². The molecule has 0 unspecified atom stereocenters. The molecule has 1 heterocycles. The van der Waals surface area contributed by atoms with Gasteiger partial charge in [0.15, 0.2) is 0 Å². The van der Waals surface area contributed by atoms with Crippen LogP contribution >= 0.6 is 0 Å². The van der Waals surface area contributed by atoms with Crippen LogP contribution in [0.4, 0.5) is 5.69 Å². The van der Waals surface area contributed by atoms with E-state index in [-0.39, 0.29) is 11.3 Å². The summed E-state index contributed by atoms with van der Waals surface area (Å²) in [6.07, 6.45) is 1.51. The van der Waals surface area contributed by atoms with Gasteiger partial charge < -0.3 is 4.42 Å². The zero-order valence-electron chi connectivity index (χ0n) is 10.6. The standard InChI is InChI=1S/C13H11N3O4/c1-9(12-3-2-8-20-12)14-15-13(17)10-4-6-11(7-5-10)16(18)19/h2-8H,1H3,(H,15,17). The van der Waals surface area contributed by atoms with Gasteiger partial charge in [-0.1, -0.05) is 0 Å². The number of hydrogen-bond donors (Lipinski definition) is 1. The monoisotopic (exact) mass is 273 g/mol. The summed E-state index contributed by atoms with van der Waals surface area (Å²) < 4.78 is 5.12. The van der Waals surface area contributed by atoms with E-state index in [9.17, 15) is 14.9 Å². The van der Waals surface area contributed by atoms with E-state index in [0.717, 1.165) is 0 Å². The second-order valence-electron chi connectivity index (χ2n) is 3.92. The van der Waals surface area contributed by atoms with Crippen molar-refractivity contribution in [3.63, 3.8) is 0 Å². The van der Waals surface area contributed by atoms with Crippen LogP contribution in [-0.2, 0) is 0 Å². The molecule has 0 radical (unpaired) electrons. The van der Waals surface area contributed by atoms with Gasteiger partial charge in [0.25, 0.3) is 11.6 Å². The van der Waals surface area contributed by atoms with E-state index in [0.29, 0.717) is 11.5 Å². The van der Waals surface area contributed by atoms with Crippen molar-refractivity contribution in [2.75, 3.05) is 0 Å². The van der Waals surface area contributed by atoms with Crippen LogP contribution in [0.1, 0.15) is 23.0 Å². The summed E-state index contributed by atoms with van der Waals surface area (Å²) in [4.78, 5) is 21.8. The van der Waals surface area contributed by atoms with E-state index in [1.165, 1.54) is 30.5 Å². The first-order chi connectivity index (χ1) is 9.58. The Balaban J connectivity index is 2.05. The number of hydrazone groups is 1. The second-order valence-corrected chi connectivity index (χ2v) is 3.92. The molecule has 1 N–H and O–H groups in total. The molecule has 0 aliphatic heterocycles. The summed E-state index contributed by atoms with van der Waals surface area (Å²) in [6.45, 7) is 1.69. The molecule has 102 valence electrons. The highest BCUT2D eigenvalue weighted by atomic mass is 16.6. The number of nitrogens with zero attached hydrogens (tertiary/aromatic N) is 2. The van der Waals surface area contributed by atoms with Crippen LogP contribution in [0, 0.1) is 10.1 Å². The van der Waals surface area contributed by atoms with E-state index in [1.807, 2.05) is 0 Å². The average Bonchev–Trinajstić information content (AvgIpc) is 2.98. The molecule has 0 atom stereocenters. The van der Waals surface area contributed by atoms with E-state index in [4.69, 9.17) is 4.42 Å². The van der Waals surface area contributed by atoms with E-state index >= 15 is 0 Å². The van der Waals surface area contributed by atoms with Gasteiger partial charge in [-0.05, 0) is 31.2 Å². The number of nitro groups is 1. The highest BCUT2D eigenvalue weighted by molar-refractivity contribution is 5.99. The Morgan fingerprint density at radius 3 is 2.55 bits per heavy atom. The lowest BCUT2D eigenvalue weighted by Gasteiger charge is -2.01. The molecule has 2 rings (SSSR count). The fourth-order valence-electron chi connectivity index (χ4n) is 1.47. The smallest absolute Gasteiger partial charge is 0.271 e. The molecule has 1 aromatic carbocycles. The number of amides is 1. The zero-order chi connectivity index (χ0) is 14.5. The lowest BCUT2D eigenvalue weighted by molar-refractivity contribution is -0.384. The number of nitro benzene ring substituents is 1. The number of non-ortho nitro benzene ring substituents is 1. The molecule has 7 nitrogen and oxygen atoms in total. The Morgan fingerprint density at radius 1 is 1.30 bits per heavy atom. The first kappa shape index (κ1) is 13.5. The minimum absolute atomic E-state index is 0.0724. The predicted octanol–water partition coefficient (Wildman–Crippen LogP) is 2.34. The molecule has 0 bridgehead atoms. The number of nitrogens with one attached hydrogen (secondary N) is 1. The molecule has 7 heteroatoms. The number of carbonyl (C=O) groups excluding carboxylic acids is 1. The normalized spacial score (nSPS) is 11.2. The molecule has 1 aromatic heterocycles. The van der Waals surface area contributed by atoms with Crippen molar-refractivity contribution in [3.05, 3.63) is 64.1 Å². The quantitative estimate of drug-likeness (QED) is 0.525. The van der Waals surface area contributed by atoms with Gasteiger partial charge in [0.1, 0.15) is 11.5 Å². The summed E-state index contributed by atoms with van der Waals surface area (Å²) in [5.74, 6) is 0.0970. The largest absolute Gasteiger partial charge is 0.463 e. The SMILES string of the molecule is CC(=NNC(=O)c1ccc([N+](=O)[O-])cc1)c1ccco1. The van der Waals surface area contributed by atoms with Crippen molar-refractivity contribution in [1.82, 2.24) is 5.43 Å². The third-order valence-electron chi connectivity index (χ3n) is 2.54. The van der Waals surface area contributed by atoms with Crippen LogP contribution in [0.5, 0.6) is 0 Å². The van der Waals surface area contributed by atoms with Gasteiger partial charge in [0.05, 0.1) is 11.2 Å². The molecule has 2 aromatic rings. The lowest BCUT2D eigenvalue weighted by atomic mass is 10.2. The number of rotatable bonds is 4. The van der Waals surface area contributed by atoms with Gasteiger partial charge in [-0.3, -0.25) is 14.9 Å². The molecule has 20 heavy (non-hydrogen) atoms. The summed E-state index contributed by atoms with van der Waals surface area (Å²) in [7, 11) is 0. The maximum Gasteiger partial charge on any atom is 0.271 e. The average molecular weight is 273 g/mol. The Kier molecular flexibility index (Phi) is 3.90. The number of benzene rings is 1. The lowest BCUT2D eigenvalue weighted by Crippen LogP contribution is -2.19. The van der Waals surface area contributed by atoms with Gasteiger partial charge in [-0.2, -0.15) is 5.10 Å². The highest BCUT2D eigenvalue weighted by Crippen LogP contribution is 2.11. The molecular formula is C13H11N3O4. The second kappa shape index (κ2) is 5.79. The topological polar surface area (TPSA) is 97.7 Å². The Labute approximate surface area is 114 Å². The maximum atomic E-state index is 11.8. The number of hydrogen-bond acceptors (Lipinski definition) is 5. The molecule has 0 aliphatic carbocycles. The first-order valence-electron chi connectivity index (χ1n) is 5.71. The minimum atomic E-state index is -0.527. The first-order valence-corrected chi connectivity index (χ1v) is 5.71. The van der Waals surface area contributed by atoms with Gasteiger partial charge in [-0.25, -0.2) is 5.43 Å². The molecule has 0 fully saturated rings. The van der Waals surface area contributed by atoms with Crippen LogP contribution in [0.15, 0.2) is 52.2 Å². The van der Waals surface area contributed by atoms with Crippen LogP contribution in [0.25, 0.3) is 0 Å². The maximum absolute atomic E-state index is 11.8. The Morgan fingerprint density at radius 2 is 2.00 bits per heavy atom. The van der Waals surface area contributed by atoms with Crippen LogP contribution in [0.3, 0.4) is 0 Å². The minimum Gasteiger partial charge on any atom is -0.463 e. The van der Waals surface area contributed by atoms with Crippen molar-refractivity contribution in [1.29, 1.82) is 0 Å². The molecule has 0 aliphatic rings. The fourth-order valence-corrected chi connectivity index (χ4v) is 1.47. The summed E-state index contributed by atoms with van der Waals surface area (Å²) in [5, 5.41) is 14.4. The molecule has 1 amide bonds. The number of furan rings is 1. The molecule has 0 spiro atoms.